The van der Waals surface area contributed by atoms with Crippen molar-refractivity contribution >= 4 is 12.0 Å². The first-order valence-corrected chi connectivity index (χ1v) is 5.61. The molecule has 1 saturated heterocycles. The second-order valence-corrected chi connectivity index (χ2v) is 4.21. The van der Waals surface area contributed by atoms with Crippen LogP contribution in [0, 0.1) is 0 Å². The van der Waals surface area contributed by atoms with Crippen molar-refractivity contribution in [3.05, 3.63) is 0 Å². The normalized spacial score (nSPS) is 22.7. The van der Waals surface area contributed by atoms with E-state index < -0.39 is 0 Å². The van der Waals surface area contributed by atoms with Crippen LogP contribution in [0.1, 0.15) is 0 Å². The lowest BCUT2D eigenvalue weighted by molar-refractivity contribution is -0.831. The minimum Gasteiger partial charge on any atom is -1.00 e. The number of hydrogen-bond donors (Lipinski definition) is 0. The molecule has 0 amide bonds. The molecule has 2 aliphatic rings. The van der Waals surface area contributed by atoms with Gasteiger partial charge in [-0.05, 0) is 0 Å². The highest BCUT2D eigenvalue weighted by Gasteiger charge is 2.35. The summed E-state index contributed by atoms with van der Waals surface area (Å²) in [7, 11) is 5.26. The fraction of sp³-hybridized carbons (Fsp3) is 0.800. The molecule has 104 valence electrons. The number of aliphatic imine (C=N–C) groups is 2. The summed E-state index contributed by atoms with van der Waals surface area (Å²) in [5.74, 6) is 0.776. The van der Waals surface area contributed by atoms with Gasteiger partial charge < -0.3 is 21.9 Å². The van der Waals surface area contributed by atoms with Gasteiger partial charge in [0, 0.05) is 0 Å². The van der Waals surface area contributed by atoms with E-state index >= 15 is 0 Å². The average Bonchev–Trinajstić information content (AvgIpc) is 2.38. The van der Waals surface area contributed by atoms with Crippen LogP contribution in [0.4, 0.5) is 0 Å². The lowest BCUT2D eigenvalue weighted by atomic mass is 10.3. The van der Waals surface area contributed by atoms with E-state index in [0.29, 0.717) is 17.2 Å². The van der Waals surface area contributed by atoms with E-state index in [4.69, 9.17) is 14.3 Å². The third-order valence-corrected chi connectivity index (χ3v) is 3.09. The molecule has 2 rings (SSSR count). The molecule has 0 spiro atoms. The largest absolute Gasteiger partial charge is 1.00 e. The summed E-state index contributed by atoms with van der Waals surface area (Å²) < 4.78 is 11.2. The first-order valence-electron chi connectivity index (χ1n) is 5.61. The van der Waals surface area contributed by atoms with Gasteiger partial charge in [0.15, 0.2) is 0 Å². The van der Waals surface area contributed by atoms with Crippen molar-refractivity contribution in [2.75, 3.05) is 54.2 Å². The van der Waals surface area contributed by atoms with Gasteiger partial charge in [0.1, 0.15) is 19.8 Å². The van der Waals surface area contributed by atoms with Crippen LogP contribution >= 0.6 is 0 Å². The van der Waals surface area contributed by atoms with Crippen molar-refractivity contribution in [2.24, 2.45) is 9.98 Å². The summed E-state index contributed by atoms with van der Waals surface area (Å²) in [6, 6.07) is 0.448. The first-order chi connectivity index (χ1) is 8.19. The highest BCUT2D eigenvalue weighted by molar-refractivity contribution is 5.90. The van der Waals surface area contributed by atoms with Gasteiger partial charge in [0.2, 0.25) is 0 Å². The van der Waals surface area contributed by atoms with Gasteiger partial charge in [-0.1, -0.05) is 0 Å². The molecular weight excluding hydrogens is 260 g/mol. The number of rotatable bonds is 1. The van der Waals surface area contributed by atoms with Gasteiger partial charge in [0.05, 0.1) is 34.5 Å². The molecule has 2 aliphatic heterocycles. The van der Waals surface area contributed by atoms with Crippen LogP contribution in [-0.2, 0) is 14.3 Å². The van der Waals surface area contributed by atoms with Crippen LogP contribution in [0.5, 0.6) is 0 Å². The Morgan fingerprint density at radius 2 is 1.94 bits per heavy atom. The molecule has 2 heterocycles. The zero-order chi connectivity index (χ0) is 12.3. The van der Waals surface area contributed by atoms with E-state index in [2.05, 4.69) is 17.0 Å². The number of guanidine groups is 1. The van der Waals surface area contributed by atoms with Crippen molar-refractivity contribution in [2.45, 2.75) is 0 Å². The molecule has 0 saturated carbocycles. The molecule has 0 unspecified atom stereocenters. The highest BCUT2D eigenvalue weighted by Crippen LogP contribution is 2.14. The molecule has 0 aromatic heterocycles. The molecule has 0 N–H and O–H groups in total. The number of hydroxylamine groups is 2. The van der Waals surface area contributed by atoms with Crippen LogP contribution in [0.15, 0.2) is 9.98 Å². The smallest absolute Gasteiger partial charge is 0.330 e. The van der Waals surface area contributed by atoms with E-state index in [1.54, 1.807) is 14.2 Å². The number of quaternary nitrogens is 1. The Labute approximate surface area is 113 Å². The number of hydrogen-bond acceptors (Lipinski definition) is 6. The van der Waals surface area contributed by atoms with E-state index in [0.717, 1.165) is 32.3 Å². The topological polar surface area (TPSA) is 55.7 Å². The maximum atomic E-state index is 5.37. The van der Waals surface area contributed by atoms with Crippen LogP contribution < -0.4 is 12.4 Å². The van der Waals surface area contributed by atoms with Crippen LogP contribution in [0.2, 0.25) is 0 Å². The Hall–Kier alpha value is -0.890. The number of halogens is 1. The molecule has 0 aliphatic carbocycles. The maximum absolute atomic E-state index is 5.37. The summed E-state index contributed by atoms with van der Waals surface area (Å²) >= 11 is 0. The maximum Gasteiger partial charge on any atom is 0.330 e. The van der Waals surface area contributed by atoms with Crippen molar-refractivity contribution in [1.29, 1.82) is 0 Å². The van der Waals surface area contributed by atoms with Gasteiger partial charge >= 0.3 is 12.0 Å². The molecule has 0 aromatic carbocycles. The molecule has 1 fully saturated rings. The Bertz CT molecular complexity index is 342. The Kier molecular flexibility index (Phi) is 5.33. The number of methoxy groups -OCH3 is 1. The second kappa shape index (κ2) is 6.33. The van der Waals surface area contributed by atoms with Crippen molar-refractivity contribution < 1.29 is 31.2 Å². The Balaban J connectivity index is 0.00000162. The number of nitrogens with zero attached hydrogens (tertiary/aromatic N) is 4. The van der Waals surface area contributed by atoms with Crippen molar-refractivity contribution in [1.82, 2.24) is 5.06 Å². The average molecular weight is 279 g/mol. The van der Waals surface area contributed by atoms with Crippen LogP contribution in [0.3, 0.4) is 0 Å². The monoisotopic (exact) mass is 278 g/mol. The molecule has 0 atom stereocenters. The predicted octanol–water partition coefficient (Wildman–Crippen LogP) is -3.34. The third kappa shape index (κ3) is 2.92. The Morgan fingerprint density at radius 1 is 1.28 bits per heavy atom. The second-order valence-electron chi connectivity index (χ2n) is 4.21. The van der Waals surface area contributed by atoms with Gasteiger partial charge in [0.25, 0.3) is 0 Å². The minimum absolute atomic E-state index is 0. The van der Waals surface area contributed by atoms with E-state index in [1.165, 1.54) is 5.06 Å². The summed E-state index contributed by atoms with van der Waals surface area (Å²) in [6.45, 7) is 3.65. The Morgan fingerprint density at radius 3 is 2.50 bits per heavy atom. The number of likely N-dealkylation sites (N-methyl/N-ethyl adjacent to an activating group) is 1. The molecule has 0 aromatic rings. The predicted molar refractivity (Wildman–Crippen MR) is 62.3 cm³/mol. The first kappa shape index (κ1) is 15.2. The summed E-state index contributed by atoms with van der Waals surface area (Å²) in [5.41, 5.74) is 0. The SMILES string of the molecule is COC1=NC([N+]2(C)CCOCC2)=NCN1OC.[Cl-]. The fourth-order valence-corrected chi connectivity index (χ4v) is 1.89. The van der Waals surface area contributed by atoms with E-state index in [9.17, 15) is 0 Å². The summed E-state index contributed by atoms with van der Waals surface area (Å²) in [4.78, 5) is 14.0. The summed E-state index contributed by atoms with van der Waals surface area (Å²) in [6.07, 6.45) is 0. The van der Waals surface area contributed by atoms with Crippen LogP contribution in [-0.4, -0.2) is 75.8 Å². The van der Waals surface area contributed by atoms with Gasteiger partial charge in [-0.3, -0.25) is 9.32 Å². The number of amidine groups is 1. The third-order valence-electron chi connectivity index (χ3n) is 3.09. The zero-order valence-corrected chi connectivity index (χ0v) is 11.7. The van der Waals surface area contributed by atoms with Gasteiger partial charge in [-0.15, -0.1) is 4.99 Å². The lowest BCUT2D eigenvalue weighted by Crippen LogP contribution is -3.00. The number of morpholine rings is 1. The molecule has 8 heteroatoms. The lowest BCUT2D eigenvalue weighted by Gasteiger charge is -2.36. The van der Waals surface area contributed by atoms with Crippen molar-refractivity contribution in [3.8, 4) is 0 Å². The molecule has 7 nitrogen and oxygen atoms in total. The van der Waals surface area contributed by atoms with Crippen molar-refractivity contribution in [3.63, 3.8) is 0 Å². The molecular formula is C10H19ClN4O3. The van der Waals surface area contributed by atoms with Gasteiger partial charge in [-0.2, -0.15) is 10.1 Å². The standard InChI is InChI=1S/C10H19N4O3.ClH/c1-14(4-6-17-7-5-14)9-11-8-13(16-3)10(12-9)15-2;/h4-8H2,1-3H3;1H/q+1;/p-1. The highest BCUT2D eigenvalue weighted by atomic mass is 35.5. The summed E-state index contributed by atoms with van der Waals surface area (Å²) in [5, 5.41) is 1.51. The number of ether oxygens (including phenoxy) is 2. The quantitative estimate of drug-likeness (QED) is 0.471. The molecule has 0 bridgehead atoms. The van der Waals surface area contributed by atoms with E-state index in [1.807, 2.05) is 0 Å². The minimum atomic E-state index is 0. The zero-order valence-electron chi connectivity index (χ0n) is 10.9. The fourth-order valence-electron chi connectivity index (χ4n) is 1.89. The molecule has 0 radical (unpaired) electrons. The van der Waals surface area contributed by atoms with Crippen LogP contribution in [0.25, 0.3) is 0 Å². The molecule has 18 heavy (non-hydrogen) atoms. The van der Waals surface area contributed by atoms with E-state index in [-0.39, 0.29) is 12.4 Å². The van der Waals surface area contributed by atoms with Gasteiger partial charge in [-0.25, -0.2) is 0 Å².